The Hall–Kier alpha value is -0.610. The van der Waals surface area contributed by atoms with Gasteiger partial charge in [0.2, 0.25) is 5.91 Å². The normalized spacial score (nSPS) is 33.9. The second-order valence-electron chi connectivity index (χ2n) is 6.36. The molecular weight excluding hydrogens is 226 g/mol. The van der Waals surface area contributed by atoms with Gasteiger partial charge in [-0.25, -0.2) is 0 Å². The summed E-state index contributed by atoms with van der Waals surface area (Å²) in [5.41, 5.74) is 5.89. The second-order valence-corrected chi connectivity index (χ2v) is 6.36. The van der Waals surface area contributed by atoms with Crippen LogP contribution in [0.1, 0.15) is 32.1 Å². The van der Waals surface area contributed by atoms with Crippen molar-refractivity contribution in [3.63, 3.8) is 0 Å². The minimum Gasteiger partial charge on any atom is -0.341 e. The fourth-order valence-corrected chi connectivity index (χ4v) is 3.84. The van der Waals surface area contributed by atoms with Crippen molar-refractivity contribution in [2.24, 2.45) is 17.6 Å². The maximum atomic E-state index is 12.3. The number of fused-ring (bicyclic) bond motifs is 1. The fourth-order valence-electron chi connectivity index (χ4n) is 3.84. The van der Waals surface area contributed by atoms with Crippen molar-refractivity contribution in [3.05, 3.63) is 0 Å². The third kappa shape index (κ3) is 2.54. The Kier molecular flexibility index (Phi) is 3.57. The smallest absolute Gasteiger partial charge is 0.236 e. The SMILES string of the molecule is NC1CCN(CC(=O)N2CC3CCCC3C2)CC1. The first-order chi connectivity index (χ1) is 8.72. The van der Waals surface area contributed by atoms with E-state index < -0.39 is 0 Å². The van der Waals surface area contributed by atoms with Crippen molar-refractivity contribution < 1.29 is 4.79 Å². The maximum absolute atomic E-state index is 12.3. The first kappa shape index (κ1) is 12.4. The van der Waals surface area contributed by atoms with Gasteiger partial charge in [-0.15, -0.1) is 0 Å². The molecule has 1 saturated carbocycles. The molecule has 4 nitrogen and oxygen atoms in total. The first-order valence-electron chi connectivity index (χ1n) is 7.48. The van der Waals surface area contributed by atoms with Crippen molar-refractivity contribution in [1.82, 2.24) is 9.80 Å². The second kappa shape index (κ2) is 5.17. The number of carbonyl (C=O) groups excluding carboxylic acids is 1. The van der Waals surface area contributed by atoms with Crippen LogP contribution in [0, 0.1) is 11.8 Å². The number of carbonyl (C=O) groups is 1. The zero-order valence-corrected chi connectivity index (χ0v) is 11.2. The van der Waals surface area contributed by atoms with Crippen LogP contribution in [0.3, 0.4) is 0 Å². The van der Waals surface area contributed by atoms with Crippen molar-refractivity contribution in [2.75, 3.05) is 32.7 Å². The van der Waals surface area contributed by atoms with Gasteiger partial charge in [-0.05, 0) is 37.5 Å². The molecule has 2 N–H and O–H groups in total. The highest BCUT2D eigenvalue weighted by Gasteiger charge is 2.38. The van der Waals surface area contributed by atoms with Gasteiger partial charge in [0.1, 0.15) is 0 Å². The molecule has 2 aliphatic heterocycles. The lowest BCUT2D eigenvalue weighted by Gasteiger charge is -2.31. The third-order valence-electron chi connectivity index (χ3n) is 5.07. The molecule has 1 aliphatic carbocycles. The Morgan fingerprint density at radius 2 is 1.67 bits per heavy atom. The van der Waals surface area contributed by atoms with Gasteiger partial charge >= 0.3 is 0 Å². The van der Waals surface area contributed by atoms with E-state index in [1.165, 1.54) is 19.3 Å². The molecule has 0 aromatic rings. The van der Waals surface area contributed by atoms with Crippen LogP contribution in [0.15, 0.2) is 0 Å². The lowest BCUT2D eigenvalue weighted by Crippen LogP contribution is -2.45. The topological polar surface area (TPSA) is 49.6 Å². The molecule has 0 aromatic heterocycles. The lowest BCUT2D eigenvalue weighted by atomic mass is 10.0. The highest BCUT2D eigenvalue weighted by molar-refractivity contribution is 5.78. The van der Waals surface area contributed by atoms with Crippen LogP contribution in [-0.2, 0) is 4.79 Å². The van der Waals surface area contributed by atoms with Gasteiger partial charge in [-0.3, -0.25) is 9.69 Å². The van der Waals surface area contributed by atoms with Crippen LogP contribution < -0.4 is 5.73 Å². The van der Waals surface area contributed by atoms with Crippen LogP contribution in [0.2, 0.25) is 0 Å². The van der Waals surface area contributed by atoms with E-state index in [0.717, 1.165) is 50.9 Å². The van der Waals surface area contributed by atoms with Gasteiger partial charge in [0, 0.05) is 32.2 Å². The summed E-state index contributed by atoms with van der Waals surface area (Å²) in [5.74, 6) is 1.97. The highest BCUT2D eigenvalue weighted by Crippen LogP contribution is 2.37. The van der Waals surface area contributed by atoms with Crippen LogP contribution in [0.25, 0.3) is 0 Å². The summed E-state index contributed by atoms with van der Waals surface area (Å²) >= 11 is 0. The predicted octanol–water partition coefficient (Wildman–Crippen LogP) is 0.668. The minimum absolute atomic E-state index is 0.347. The Labute approximate surface area is 109 Å². The molecule has 2 atom stereocenters. The Bertz CT molecular complexity index is 300. The monoisotopic (exact) mass is 251 g/mol. The van der Waals surface area contributed by atoms with Crippen LogP contribution in [0.5, 0.6) is 0 Å². The van der Waals surface area contributed by atoms with E-state index in [1.54, 1.807) is 0 Å². The summed E-state index contributed by atoms with van der Waals surface area (Å²) in [5, 5.41) is 0. The lowest BCUT2D eigenvalue weighted by molar-refractivity contribution is -0.132. The molecule has 2 unspecified atom stereocenters. The number of hydrogen-bond acceptors (Lipinski definition) is 3. The summed E-state index contributed by atoms with van der Waals surface area (Å²) in [6.07, 6.45) is 6.14. The van der Waals surface area contributed by atoms with Gasteiger partial charge in [-0.1, -0.05) is 6.42 Å². The molecule has 4 heteroatoms. The number of amides is 1. The van der Waals surface area contributed by atoms with E-state index in [4.69, 9.17) is 5.73 Å². The third-order valence-corrected chi connectivity index (χ3v) is 5.07. The van der Waals surface area contributed by atoms with Crippen LogP contribution >= 0.6 is 0 Å². The summed E-state index contributed by atoms with van der Waals surface area (Å²) < 4.78 is 0. The maximum Gasteiger partial charge on any atom is 0.236 e. The minimum atomic E-state index is 0.347. The highest BCUT2D eigenvalue weighted by atomic mass is 16.2. The number of rotatable bonds is 2. The standard InChI is InChI=1S/C14H25N3O/c15-13-4-6-16(7-5-13)10-14(18)17-8-11-2-1-3-12(11)9-17/h11-13H,1-10,15H2. The summed E-state index contributed by atoms with van der Waals surface area (Å²) in [4.78, 5) is 16.7. The zero-order valence-electron chi connectivity index (χ0n) is 11.2. The molecule has 102 valence electrons. The molecule has 2 heterocycles. The van der Waals surface area contributed by atoms with E-state index in [2.05, 4.69) is 9.80 Å². The largest absolute Gasteiger partial charge is 0.341 e. The summed E-state index contributed by atoms with van der Waals surface area (Å²) in [6, 6.07) is 0.350. The van der Waals surface area contributed by atoms with Gasteiger partial charge in [0.05, 0.1) is 6.54 Å². The molecule has 0 radical (unpaired) electrons. The summed E-state index contributed by atoms with van der Waals surface area (Å²) in [6.45, 7) is 4.65. The van der Waals surface area contributed by atoms with Crippen LogP contribution in [-0.4, -0.2) is 54.5 Å². The van der Waals surface area contributed by atoms with Crippen molar-refractivity contribution in [2.45, 2.75) is 38.1 Å². The van der Waals surface area contributed by atoms with Crippen LogP contribution in [0.4, 0.5) is 0 Å². The van der Waals surface area contributed by atoms with Crippen molar-refractivity contribution in [3.8, 4) is 0 Å². The zero-order chi connectivity index (χ0) is 12.5. The van der Waals surface area contributed by atoms with E-state index >= 15 is 0 Å². The van der Waals surface area contributed by atoms with E-state index in [-0.39, 0.29) is 0 Å². The molecule has 1 amide bonds. The molecular formula is C14H25N3O. The molecule has 0 spiro atoms. The average Bonchev–Trinajstić information content (AvgIpc) is 2.92. The predicted molar refractivity (Wildman–Crippen MR) is 71.1 cm³/mol. The molecule has 3 aliphatic rings. The van der Waals surface area contributed by atoms with E-state index in [0.29, 0.717) is 18.5 Å². The number of nitrogens with two attached hydrogens (primary N) is 1. The first-order valence-corrected chi connectivity index (χ1v) is 7.48. The number of piperidine rings is 1. The number of nitrogens with zero attached hydrogens (tertiary/aromatic N) is 2. The molecule has 3 fully saturated rings. The number of likely N-dealkylation sites (tertiary alicyclic amines) is 2. The van der Waals surface area contributed by atoms with Gasteiger partial charge in [-0.2, -0.15) is 0 Å². The molecule has 3 rings (SSSR count). The van der Waals surface area contributed by atoms with E-state index in [1.807, 2.05) is 0 Å². The van der Waals surface area contributed by atoms with Gasteiger partial charge in [0.25, 0.3) is 0 Å². The quantitative estimate of drug-likeness (QED) is 0.784. The Morgan fingerprint density at radius 1 is 1.06 bits per heavy atom. The Balaban J connectivity index is 1.47. The fraction of sp³-hybridized carbons (Fsp3) is 0.929. The van der Waals surface area contributed by atoms with Gasteiger partial charge < -0.3 is 10.6 Å². The molecule has 0 aromatic carbocycles. The molecule has 18 heavy (non-hydrogen) atoms. The molecule has 0 bridgehead atoms. The van der Waals surface area contributed by atoms with Crippen molar-refractivity contribution in [1.29, 1.82) is 0 Å². The Morgan fingerprint density at radius 3 is 2.28 bits per heavy atom. The molecule has 2 saturated heterocycles. The summed E-state index contributed by atoms with van der Waals surface area (Å²) in [7, 11) is 0. The number of hydrogen-bond donors (Lipinski definition) is 1. The average molecular weight is 251 g/mol. The van der Waals surface area contributed by atoms with E-state index in [9.17, 15) is 4.79 Å². The van der Waals surface area contributed by atoms with Gasteiger partial charge in [0.15, 0.2) is 0 Å². The van der Waals surface area contributed by atoms with Crippen molar-refractivity contribution >= 4 is 5.91 Å².